The van der Waals surface area contributed by atoms with Gasteiger partial charge >= 0.3 is 0 Å². The smallest absolute Gasteiger partial charge is 0.263 e. The fourth-order valence-corrected chi connectivity index (χ4v) is 3.70. The van der Waals surface area contributed by atoms with E-state index in [9.17, 15) is 14.4 Å². The predicted octanol–water partition coefficient (Wildman–Crippen LogP) is 4.60. The molecule has 0 atom stereocenters. The first-order valence-corrected chi connectivity index (χ1v) is 10.0. The molecule has 0 saturated heterocycles. The predicted molar refractivity (Wildman–Crippen MR) is 121 cm³/mol. The van der Waals surface area contributed by atoms with Crippen LogP contribution in [0.1, 0.15) is 37.4 Å². The number of amides is 3. The Kier molecular flexibility index (Phi) is 5.50. The Balaban J connectivity index is 1.68. The molecule has 3 aromatic rings. The number of benzene rings is 3. The lowest BCUT2D eigenvalue weighted by molar-refractivity contribution is -0.114. The number of hydrogen-bond acceptors (Lipinski definition) is 3. The van der Waals surface area contributed by atoms with Crippen molar-refractivity contribution in [2.45, 2.75) is 13.8 Å². The third-order valence-electron chi connectivity index (χ3n) is 5.29. The van der Waals surface area contributed by atoms with Crippen LogP contribution in [-0.2, 0) is 4.79 Å². The number of anilines is 1. The molecule has 3 amide bonds. The van der Waals surface area contributed by atoms with Gasteiger partial charge in [-0.2, -0.15) is 0 Å². The van der Waals surface area contributed by atoms with Crippen molar-refractivity contribution in [1.29, 1.82) is 0 Å². The van der Waals surface area contributed by atoms with Gasteiger partial charge in [0.2, 0.25) is 0 Å². The lowest BCUT2D eigenvalue weighted by Gasteiger charge is -2.27. The van der Waals surface area contributed by atoms with E-state index in [4.69, 9.17) is 0 Å². The summed E-state index contributed by atoms with van der Waals surface area (Å²) in [6, 6.07) is 21.9. The van der Waals surface area contributed by atoms with Gasteiger partial charge in [-0.05, 0) is 49.2 Å². The molecular weight excluding hydrogens is 388 g/mol. The van der Waals surface area contributed by atoms with Crippen LogP contribution in [0.3, 0.4) is 0 Å². The van der Waals surface area contributed by atoms with E-state index in [0.717, 1.165) is 21.6 Å². The zero-order valence-electron chi connectivity index (χ0n) is 17.4. The van der Waals surface area contributed by atoms with Gasteiger partial charge in [0.25, 0.3) is 17.7 Å². The first-order valence-electron chi connectivity index (χ1n) is 10.0. The number of nitrogens with zero attached hydrogens (tertiary/aromatic N) is 2. The minimum absolute atomic E-state index is 0.159. The number of hydrogen-bond donors (Lipinski definition) is 0. The zero-order valence-corrected chi connectivity index (χ0v) is 17.4. The molecule has 0 aromatic heterocycles. The second-order valence-corrected chi connectivity index (χ2v) is 7.53. The molecular formula is C26H22N2O3. The number of fused-ring (bicyclic) bond motifs is 1. The van der Waals surface area contributed by atoms with Crippen LogP contribution >= 0.6 is 0 Å². The average molecular weight is 410 g/mol. The maximum absolute atomic E-state index is 13.2. The number of imide groups is 1. The Bertz CT molecular complexity index is 1160. The van der Waals surface area contributed by atoms with Crippen LogP contribution in [0, 0.1) is 13.8 Å². The van der Waals surface area contributed by atoms with Crippen LogP contribution in [0.25, 0.3) is 6.08 Å². The maximum Gasteiger partial charge on any atom is 0.263 e. The summed E-state index contributed by atoms with van der Waals surface area (Å²) in [5, 5.41) is 0. The second-order valence-electron chi connectivity index (χ2n) is 7.53. The van der Waals surface area contributed by atoms with Gasteiger partial charge in [-0.3, -0.25) is 24.2 Å². The molecule has 0 fully saturated rings. The summed E-state index contributed by atoms with van der Waals surface area (Å²) in [5.74, 6) is -1.10. The molecule has 31 heavy (non-hydrogen) atoms. The summed E-state index contributed by atoms with van der Waals surface area (Å²) >= 11 is 0. The van der Waals surface area contributed by atoms with E-state index in [0.29, 0.717) is 16.8 Å². The van der Waals surface area contributed by atoms with E-state index in [1.54, 1.807) is 30.3 Å². The molecule has 0 radical (unpaired) electrons. The van der Waals surface area contributed by atoms with Crippen molar-refractivity contribution in [3.8, 4) is 0 Å². The topological polar surface area (TPSA) is 57.7 Å². The fourth-order valence-electron chi connectivity index (χ4n) is 3.70. The van der Waals surface area contributed by atoms with Crippen molar-refractivity contribution in [2.24, 2.45) is 0 Å². The largest absolute Gasteiger partial charge is 0.290 e. The molecule has 0 saturated carbocycles. The summed E-state index contributed by atoms with van der Waals surface area (Å²) in [6.45, 7) is 3.72. The Morgan fingerprint density at radius 2 is 1.48 bits per heavy atom. The van der Waals surface area contributed by atoms with Gasteiger partial charge in [0, 0.05) is 11.8 Å². The number of aryl methyl sites for hydroxylation is 2. The van der Waals surface area contributed by atoms with E-state index in [2.05, 4.69) is 0 Å². The Morgan fingerprint density at radius 1 is 0.871 bits per heavy atom. The van der Waals surface area contributed by atoms with E-state index in [-0.39, 0.29) is 12.6 Å². The molecule has 0 unspecified atom stereocenters. The van der Waals surface area contributed by atoms with Crippen LogP contribution in [-0.4, -0.2) is 29.3 Å². The first-order chi connectivity index (χ1) is 15.0. The molecule has 154 valence electrons. The molecule has 0 spiro atoms. The standard InChI is InChI=1S/C26H22N2O3/c1-18-12-14-23(19(2)16-18)27(24(29)15-13-20-8-4-3-5-9-20)17-28-25(30)21-10-6-7-11-22(21)26(28)31/h3-16H,17H2,1-2H3/b15-13+. The highest BCUT2D eigenvalue weighted by atomic mass is 16.2. The van der Waals surface area contributed by atoms with Crippen LogP contribution < -0.4 is 4.90 Å². The molecule has 0 N–H and O–H groups in total. The van der Waals surface area contributed by atoms with Gasteiger partial charge in [-0.1, -0.05) is 60.2 Å². The fraction of sp³-hybridized carbons (Fsp3) is 0.115. The maximum atomic E-state index is 13.2. The number of rotatable bonds is 5. The van der Waals surface area contributed by atoms with Crippen molar-refractivity contribution >= 4 is 29.5 Å². The zero-order chi connectivity index (χ0) is 22.0. The van der Waals surface area contributed by atoms with Crippen molar-refractivity contribution in [3.05, 3.63) is 107 Å². The van der Waals surface area contributed by atoms with E-state index in [1.165, 1.54) is 11.0 Å². The molecule has 0 aliphatic carbocycles. The van der Waals surface area contributed by atoms with Crippen LogP contribution in [0.4, 0.5) is 5.69 Å². The summed E-state index contributed by atoms with van der Waals surface area (Å²) in [6.07, 6.45) is 3.19. The molecule has 1 aliphatic heterocycles. The summed E-state index contributed by atoms with van der Waals surface area (Å²) in [7, 11) is 0. The highest BCUT2D eigenvalue weighted by molar-refractivity contribution is 6.21. The highest BCUT2D eigenvalue weighted by Crippen LogP contribution is 2.27. The van der Waals surface area contributed by atoms with Crippen LogP contribution in [0.2, 0.25) is 0 Å². The Labute approximate surface area is 181 Å². The van der Waals surface area contributed by atoms with Gasteiger partial charge < -0.3 is 0 Å². The van der Waals surface area contributed by atoms with Crippen LogP contribution in [0.5, 0.6) is 0 Å². The Morgan fingerprint density at radius 3 is 2.10 bits per heavy atom. The Hall–Kier alpha value is -3.99. The monoisotopic (exact) mass is 410 g/mol. The normalized spacial score (nSPS) is 13.0. The van der Waals surface area contributed by atoms with Gasteiger partial charge in [0.05, 0.1) is 11.1 Å². The van der Waals surface area contributed by atoms with Gasteiger partial charge in [0.1, 0.15) is 6.67 Å². The lowest BCUT2D eigenvalue weighted by atomic mass is 10.1. The molecule has 5 heteroatoms. The van der Waals surface area contributed by atoms with E-state index < -0.39 is 11.8 Å². The van der Waals surface area contributed by atoms with E-state index >= 15 is 0 Å². The minimum atomic E-state index is -0.393. The first kappa shape index (κ1) is 20.3. The SMILES string of the molecule is Cc1ccc(N(CN2C(=O)c3ccccc3C2=O)C(=O)/C=C/c2ccccc2)c(C)c1. The third-order valence-corrected chi connectivity index (χ3v) is 5.29. The van der Waals surface area contributed by atoms with Crippen molar-refractivity contribution in [1.82, 2.24) is 4.90 Å². The quantitative estimate of drug-likeness (QED) is 0.456. The summed E-state index contributed by atoms with van der Waals surface area (Å²) < 4.78 is 0. The second kappa shape index (κ2) is 8.40. The molecule has 5 nitrogen and oxygen atoms in total. The van der Waals surface area contributed by atoms with Crippen molar-refractivity contribution in [3.63, 3.8) is 0 Å². The highest BCUT2D eigenvalue weighted by Gasteiger charge is 2.37. The lowest BCUT2D eigenvalue weighted by Crippen LogP contribution is -2.44. The van der Waals surface area contributed by atoms with E-state index in [1.807, 2.05) is 62.4 Å². The summed E-state index contributed by atoms with van der Waals surface area (Å²) in [4.78, 5) is 41.5. The van der Waals surface area contributed by atoms with Gasteiger partial charge in [0.15, 0.2) is 0 Å². The molecule has 4 rings (SSSR count). The summed E-state index contributed by atoms with van der Waals surface area (Å²) in [5.41, 5.74) is 4.22. The number of carbonyl (C=O) groups excluding carboxylic acids is 3. The van der Waals surface area contributed by atoms with Gasteiger partial charge in [-0.25, -0.2) is 0 Å². The van der Waals surface area contributed by atoms with Crippen molar-refractivity contribution < 1.29 is 14.4 Å². The minimum Gasteiger partial charge on any atom is -0.290 e. The molecule has 1 aliphatic rings. The third kappa shape index (κ3) is 4.03. The van der Waals surface area contributed by atoms with Crippen LogP contribution in [0.15, 0.2) is 78.9 Å². The van der Waals surface area contributed by atoms with Crippen molar-refractivity contribution in [2.75, 3.05) is 11.6 Å². The van der Waals surface area contributed by atoms with Gasteiger partial charge in [-0.15, -0.1) is 0 Å². The molecule has 0 bridgehead atoms. The molecule has 1 heterocycles. The molecule has 3 aromatic carbocycles. The average Bonchev–Trinajstić information content (AvgIpc) is 3.02. The number of carbonyl (C=O) groups is 3.